The van der Waals surface area contributed by atoms with Crippen LogP contribution in [0.25, 0.3) is 0 Å². The lowest BCUT2D eigenvalue weighted by atomic mass is 10.0. The molecule has 1 aromatic carbocycles. The van der Waals surface area contributed by atoms with Crippen molar-refractivity contribution in [1.29, 1.82) is 0 Å². The zero-order chi connectivity index (χ0) is 14.7. The zero-order valence-electron chi connectivity index (χ0n) is 11.2. The maximum atomic E-state index is 13.9. The third-order valence-electron chi connectivity index (χ3n) is 3.07. The minimum absolute atomic E-state index is 0.0464. The minimum atomic E-state index is -0.803. The van der Waals surface area contributed by atoms with Gasteiger partial charge in [0.25, 0.3) is 0 Å². The average molecular weight is 337 g/mol. The molecule has 1 atom stereocenters. The van der Waals surface area contributed by atoms with Gasteiger partial charge in [-0.3, -0.25) is 0 Å². The summed E-state index contributed by atoms with van der Waals surface area (Å²) in [6.07, 6.45) is 0. The van der Waals surface area contributed by atoms with E-state index >= 15 is 0 Å². The van der Waals surface area contributed by atoms with Gasteiger partial charge in [-0.1, -0.05) is 53.2 Å². The van der Waals surface area contributed by atoms with E-state index in [1.165, 1.54) is 0 Å². The SMILES string of the molecule is CC(C)c1ccc(C(N=O)c2cccc(Br)c2)nc1F. The molecule has 1 heterocycles. The summed E-state index contributed by atoms with van der Waals surface area (Å²) in [5.41, 5.74) is 1.53. The van der Waals surface area contributed by atoms with Crippen LogP contribution < -0.4 is 0 Å². The highest BCUT2D eigenvalue weighted by atomic mass is 79.9. The van der Waals surface area contributed by atoms with Crippen molar-refractivity contribution in [3.05, 3.63) is 68.5 Å². The Kier molecular flexibility index (Phi) is 4.60. The number of nitrogens with zero attached hydrogens (tertiary/aromatic N) is 2. The number of hydrogen-bond donors (Lipinski definition) is 0. The van der Waals surface area contributed by atoms with Crippen LogP contribution in [0, 0.1) is 10.9 Å². The molecule has 0 N–H and O–H groups in total. The van der Waals surface area contributed by atoms with E-state index in [1.807, 2.05) is 19.9 Å². The Hall–Kier alpha value is -1.62. The van der Waals surface area contributed by atoms with E-state index < -0.39 is 12.0 Å². The van der Waals surface area contributed by atoms with Crippen LogP contribution in [0.2, 0.25) is 0 Å². The quantitative estimate of drug-likeness (QED) is 0.584. The molecule has 0 aliphatic carbocycles. The maximum absolute atomic E-state index is 13.9. The first-order valence-corrected chi connectivity index (χ1v) is 7.06. The fourth-order valence-electron chi connectivity index (χ4n) is 2.00. The van der Waals surface area contributed by atoms with E-state index in [0.29, 0.717) is 16.8 Å². The summed E-state index contributed by atoms with van der Waals surface area (Å²) in [7, 11) is 0. The lowest BCUT2D eigenvalue weighted by molar-refractivity contribution is 0.546. The molecule has 1 aromatic heterocycles. The van der Waals surface area contributed by atoms with Gasteiger partial charge in [-0.2, -0.15) is 4.39 Å². The molecule has 0 spiro atoms. The summed E-state index contributed by atoms with van der Waals surface area (Å²) in [5.74, 6) is -0.494. The Morgan fingerprint density at radius 1 is 1.25 bits per heavy atom. The fraction of sp³-hybridized carbons (Fsp3) is 0.267. The Bertz CT molecular complexity index is 631. The van der Waals surface area contributed by atoms with Crippen molar-refractivity contribution in [3.8, 4) is 0 Å². The molecule has 0 bridgehead atoms. The molecule has 0 amide bonds. The molecule has 104 valence electrons. The van der Waals surface area contributed by atoms with Gasteiger partial charge in [-0.05, 0) is 29.7 Å². The first-order chi connectivity index (χ1) is 9.52. The first kappa shape index (κ1) is 14.8. The standard InChI is InChI=1S/C15H14BrFN2O/c1-9(2)12-6-7-13(18-15(12)17)14(19-20)10-4-3-5-11(16)8-10/h3-9,14H,1-2H3. The highest BCUT2D eigenvalue weighted by molar-refractivity contribution is 9.10. The summed E-state index contributed by atoms with van der Waals surface area (Å²) in [5, 5.41) is 3.09. The third-order valence-corrected chi connectivity index (χ3v) is 3.56. The molecule has 3 nitrogen and oxygen atoms in total. The van der Waals surface area contributed by atoms with Crippen LogP contribution in [0.15, 0.2) is 46.0 Å². The predicted octanol–water partition coefficient (Wildman–Crippen LogP) is 4.96. The Balaban J connectivity index is 2.42. The van der Waals surface area contributed by atoms with E-state index in [0.717, 1.165) is 4.47 Å². The topological polar surface area (TPSA) is 42.3 Å². The van der Waals surface area contributed by atoms with Crippen LogP contribution in [-0.4, -0.2) is 4.98 Å². The number of hydrogen-bond acceptors (Lipinski definition) is 3. The van der Waals surface area contributed by atoms with Crippen LogP contribution >= 0.6 is 15.9 Å². The summed E-state index contributed by atoms with van der Waals surface area (Å²) in [6.45, 7) is 3.78. The molecule has 20 heavy (non-hydrogen) atoms. The Labute approximate surface area is 125 Å². The largest absolute Gasteiger partial charge is 0.222 e. The molecule has 1 unspecified atom stereocenters. The van der Waals surface area contributed by atoms with Crippen LogP contribution in [0.5, 0.6) is 0 Å². The molecule has 2 rings (SSSR count). The van der Waals surface area contributed by atoms with E-state index in [9.17, 15) is 9.30 Å². The van der Waals surface area contributed by atoms with Gasteiger partial charge in [0.05, 0.1) is 5.69 Å². The molecule has 0 saturated carbocycles. The van der Waals surface area contributed by atoms with Crippen LogP contribution in [-0.2, 0) is 0 Å². The second-order valence-electron chi connectivity index (χ2n) is 4.83. The summed E-state index contributed by atoms with van der Waals surface area (Å²) in [6, 6.07) is 9.72. The molecule has 5 heteroatoms. The number of nitroso groups, excluding NO2 is 1. The second kappa shape index (κ2) is 6.22. The summed E-state index contributed by atoms with van der Waals surface area (Å²) >= 11 is 3.34. The van der Waals surface area contributed by atoms with Gasteiger partial charge in [0.1, 0.15) is 0 Å². The smallest absolute Gasteiger partial charge is 0.216 e. The number of pyridine rings is 1. The van der Waals surface area contributed by atoms with E-state index in [1.54, 1.807) is 30.3 Å². The van der Waals surface area contributed by atoms with Gasteiger partial charge in [0.15, 0.2) is 6.04 Å². The van der Waals surface area contributed by atoms with Crippen molar-refractivity contribution in [2.45, 2.75) is 25.8 Å². The number of halogens is 2. The van der Waals surface area contributed by atoms with E-state index in [2.05, 4.69) is 26.1 Å². The summed E-state index contributed by atoms with van der Waals surface area (Å²) < 4.78 is 14.8. The first-order valence-electron chi connectivity index (χ1n) is 6.27. The zero-order valence-corrected chi connectivity index (χ0v) is 12.8. The number of benzene rings is 1. The van der Waals surface area contributed by atoms with Gasteiger partial charge in [0.2, 0.25) is 5.95 Å². The molecule has 0 saturated heterocycles. The highest BCUT2D eigenvalue weighted by Gasteiger charge is 2.19. The monoisotopic (exact) mass is 336 g/mol. The van der Waals surface area contributed by atoms with Crippen LogP contribution in [0.3, 0.4) is 0 Å². The van der Waals surface area contributed by atoms with Crippen LogP contribution in [0.1, 0.15) is 42.6 Å². The molecular formula is C15H14BrFN2O. The molecule has 0 aliphatic rings. The minimum Gasteiger partial charge on any atom is -0.222 e. The van der Waals surface area contributed by atoms with Gasteiger partial charge >= 0.3 is 0 Å². The lowest BCUT2D eigenvalue weighted by Gasteiger charge is -2.12. The van der Waals surface area contributed by atoms with E-state index in [-0.39, 0.29) is 5.92 Å². The maximum Gasteiger partial charge on any atom is 0.216 e. The fourth-order valence-corrected chi connectivity index (χ4v) is 2.42. The highest BCUT2D eigenvalue weighted by Crippen LogP contribution is 2.28. The van der Waals surface area contributed by atoms with Crippen LogP contribution in [0.4, 0.5) is 4.39 Å². The molecular weight excluding hydrogens is 323 g/mol. The van der Waals surface area contributed by atoms with Crippen molar-refractivity contribution >= 4 is 15.9 Å². The summed E-state index contributed by atoms with van der Waals surface area (Å²) in [4.78, 5) is 15.0. The van der Waals surface area contributed by atoms with Gasteiger partial charge in [-0.25, -0.2) is 4.98 Å². The molecule has 0 radical (unpaired) electrons. The molecule has 0 fully saturated rings. The Morgan fingerprint density at radius 3 is 2.55 bits per heavy atom. The van der Waals surface area contributed by atoms with Crippen molar-refractivity contribution in [2.75, 3.05) is 0 Å². The van der Waals surface area contributed by atoms with E-state index in [4.69, 9.17) is 0 Å². The predicted molar refractivity (Wildman–Crippen MR) is 80.1 cm³/mol. The Morgan fingerprint density at radius 2 is 2.00 bits per heavy atom. The normalized spacial score (nSPS) is 12.4. The van der Waals surface area contributed by atoms with Gasteiger partial charge < -0.3 is 0 Å². The average Bonchev–Trinajstić information content (AvgIpc) is 2.39. The lowest BCUT2D eigenvalue weighted by Crippen LogP contribution is -2.05. The van der Waals surface area contributed by atoms with Crippen molar-refractivity contribution in [1.82, 2.24) is 4.98 Å². The number of aromatic nitrogens is 1. The van der Waals surface area contributed by atoms with Gasteiger partial charge in [0, 0.05) is 10.0 Å². The number of rotatable bonds is 4. The van der Waals surface area contributed by atoms with Crippen molar-refractivity contribution in [2.24, 2.45) is 5.18 Å². The van der Waals surface area contributed by atoms with Crippen molar-refractivity contribution in [3.63, 3.8) is 0 Å². The third kappa shape index (κ3) is 3.10. The molecule has 0 aliphatic heterocycles. The van der Waals surface area contributed by atoms with Crippen molar-refractivity contribution < 1.29 is 4.39 Å². The van der Waals surface area contributed by atoms with Gasteiger partial charge in [-0.15, -0.1) is 4.91 Å². The molecule has 2 aromatic rings. The second-order valence-corrected chi connectivity index (χ2v) is 5.75.